The molecule has 1 aliphatic rings. The average Bonchev–Trinajstić information content (AvgIpc) is 2.60. The Morgan fingerprint density at radius 2 is 2.09 bits per heavy atom. The Hall–Kier alpha value is -1.59. The van der Waals surface area contributed by atoms with Crippen LogP contribution >= 0.6 is 11.8 Å². The van der Waals surface area contributed by atoms with E-state index in [1.165, 1.54) is 0 Å². The van der Waals surface area contributed by atoms with Gasteiger partial charge in [-0.2, -0.15) is 11.8 Å². The van der Waals surface area contributed by atoms with E-state index in [1.54, 1.807) is 6.20 Å². The Bertz CT molecular complexity index is 673. The van der Waals surface area contributed by atoms with Gasteiger partial charge in [0, 0.05) is 36.1 Å². The van der Waals surface area contributed by atoms with Crippen molar-refractivity contribution in [2.75, 3.05) is 25.5 Å². The molecule has 1 amide bonds. The van der Waals surface area contributed by atoms with Crippen molar-refractivity contribution in [3.63, 3.8) is 0 Å². The lowest BCUT2D eigenvalue weighted by molar-refractivity contribution is 0.0740. The largest absolute Gasteiger partial charge is 0.381 e. The minimum absolute atomic E-state index is 0.0905. The summed E-state index contributed by atoms with van der Waals surface area (Å²) in [6.45, 7) is 4.37. The maximum absolute atomic E-state index is 12.6. The average molecular weight is 330 g/mol. The van der Waals surface area contributed by atoms with Crippen LogP contribution in [0.2, 0.25) is 0 Å². The Labute approximate surface area is 141 Å². The smallest absolute Gasteiger partial charge is 0.270 e. The molecule has 5 heteroatoms. The quantitative estimate of drug-likeness (QED) is 0.914. The Kier molecular flexibility index (Phi) is 5.18. The zero-order valence-electron chi connectivity index (χ0n) is 13.4. The van der Waals surface area contributed by atoms with E-state index in [4.69, 9.17) is 4.74 Å². The molecular formula is C18H22N2O2S. The van der Waals surface area contributed by atoms with E-state index in [0.29, 0.717) is 12.2 Å². The van der Waals surface area contributed by atoms with E-state index in [9.17, 15) is 4.79 Å². The van der Waals surface area contributed by atoms with Crippen LogP contribution in [0, 0.1) is 0 Å². The van der Waals surface area contributed by atoms with Crippen molar-refractivity contribution in [3.05, 3.63) is 42.2 Å². The molecule has 122 valence electrons. The molecule has 3 rings (SSSR count). The van der Waals surface area contributed by atoms with Gasteiger partial charge in [-0.15, -0.1) is 0 Å². The number of hydrogen-bond acceptors (Lipinski definition) is 4. The molecule has 1 aliphatic heterocycles. The molecular weight excluding hydrogens is 308 g/mol. The van der Waals surface area contributed by atoms with Gasteiger partial charge in [0.05, 0.1) is 0 Å². The van der Waals surface area contributed by atoms with E-state index in [-0.39, 0.29) is 10.7 Å². The van der Waals surface area contributed by atoms with Gasteiger partial charge in [-0.05, 0) is 30.0 Å². The fourth-order valence-corrected chi connectivity index (χ4v) is 4.29. The van der Waals surface area contributed by atoms with Gasteiger partial charge in [0.1, 0.15) is 5.69 Å². The van der Waals surface area contributed by atoms with Crippen LogP contribution in [-0.2, 0) is 4.74 Å². The van der Waals surface area contributed by atoms with E-state index < -0.39 is 0 Å². The highest BCUT2D eigenvalue weighted by Gasteiger charge is 2.33. The summed E-state index contributed by atoms with van der Waals surface area (Å²) in [4.78, 5) is 16.9. The second-order valence-corrected chi connectivity index (χ2v) is 7.52. The van der Waals surface area contributed by atoms with Crippen molar-refractivity contribution in [2.45, 2.75) is 24.5 Å². The normalized spacial score (nSPS) is 17.1. The molecule has 23 heavy (non-hydrogen) atoms. The fraction of sp³-hybridized carbons (Fsp3) is 0.444. The number of fused-ring (bicyclic) bond motifs is 1. The fourth-order valence-electron chi connectivity index (χ4n) is 3.05. The number of ether oxygens (including phenoxy) is 1. The molecule has 0 spiro atoms. The lowest BCUT2D eigenvalue weighted by Crippen LogP contribution is -2.44. The van der Waals surface area contributed by atoms with Crippen LogP contribution in [0.4, 0.5) is 0 Å². The maximum atomic E-state index is 12.6. The first-order valence-corrected chi connectivity index (χ1v) is 9.06. The monoisotopic (exact) mass is 330 g/mol. The van der Waals surface area contributed by atoms with Crippen LogP contribution in [0.3, 0.4) is 0 Å². The SMILES string of the molecule is CCSC1(CNC(=O)c2nccc3ccccc23)CCOCC1. The van der Waals surface area contributed by atoms with Gasteiger partial charge in [-0.1, -0.05) is 31.2 Å². The van der Waals surface area contributed by atoms with Crippen LogP contribution in [-0.4, -0.2) is 41.1 Å². The Balaban J connectivity index is 1.75. The molecule has 4 nitrogen and oxygen atoms in total. The van der Waals surface area contributed by atoms with Gasteiger partial charge in [0.15, 0.2) is 0 Å². The van der Waals surface area contributed by atoms with Gasteiger partial charge in [-0.25, -0.2) is 0 Å². The second-order valence-electron chi connectivity index (χ2n) is 5.79. The van der Waals surface area contributed by atoms with Crippen molar-refractivity contribution in [1.82, 2.24) is 10.3 Å². The third kappa shape index (κ3) is 3.67. The summed E-state index contributed by atoms with van der Waals surface area (Å²) in [5.74, 6) is 0.951. The minimum atomic E-state index is -0.0932. The molecule has 0 aliphatic carbocycles. The number of carbonyl (C=O) groups is 1. The number of aromatic nitrogens is 1. The van der Waals surface area contributed by atoms with E-state index in [0.717, 1.165) is 42.6 Å². The highest BCUT2D eigenvalue weighted by molar-refractivity contribution is 8.00. The molecule has 2 aromatic rings. The molecule has 2 heterocycles. The number of benzene rings is 1. The minimum Gasteiger partial charge on any atom is -0.381 e. The van der Waals surface area contributed by atoms with Crippen molar-refractivity contribution in [2.24, 2.45) is 0 Å². The third-order valence-electron chi connectivity index (χ3n) is 4.31. The zero-order valence-corrected chi connectivity index (χ0v) is 14.2. The lowest BCUT2D eigenvalue weighted by atomic mass is 9.99. The highest BCUT2D eigenvalue weighted by atomic mass is 32.2. The van der Waals surface area contributed by atoms with Crippen molar-refractivity contribution < 1.29 is 9.53 Å². The summed E-state index contributed by atoms with van der Waals surface area (Å²) in [5.41, 5.74) is 0.506. The van der Waals surface area contributed by atoms with Crippen LogP contribution in [0.15, 0.2) is 36.5 Å². The molecule has 1 N–H and O–H groups in total. The zero-order chi connectivity index (χ0) is 16.1. The van der Waals surface area contributed by atoms with Gasteiger partial charge >= 0.3 is 0 Å². The molecule has 0 bridgehead atoms. The number of nitrogens with one attached hydrogen (secondary N) is 1. The summed E-state index contributed by atoms with van der Waals surface area (Å²) in [7, 11) is 0. The first-order chi connectivity index (χ1) is 11.2. The van der Waals surface area contributed by atoms with E-state index in [1.807, 2.05) is 42.1 Å². The number of amides is 1. The van der Waals surface area contributed by atoms with Gasteiger partial charge in [0.25, 0.3) is 5.91 Å². The van der Waals surface area contributed by atoms with Gasteiger partial charge in [0.2, 0.25) is 0 Å². The lowest BCUT2D eigenvalue weighted by Gasteiger charge is -2.36. The predicted molar refractivity (Wildman–Crippen MR) is 95.0 cm³/mol. The standard InChI is InChI=1S/C18H22N2O2S/c1-2-23-18(8-11-22-12-9-18)13-20-17(21)16-15-6-4-3-5-14(15)7-10-19-16/h3-7,10H,2,8-9,11-13H2,1H3,(H,20,21). The van der Waals surface area contributed by atoms with Crippen LogP contribution < -0.4 is 5.32 Å². The first-order valence-electron chi connectivity index (χ1n) is 8.08. The molecule has 0 radical (unpaired) electrons. The van der Waals surface area contributed by atoms with Gasteiger partial charge < -0.3 is 10.1 Å². The molecule has 0 atom stereocenters. The maximum Gasteiger partial charge on any atom is 0.270 e. The molecule has 1 aromatic carbocycles. The Morgan fingerprint density at radius 3 is 2.87 bits per heavy atom. The number of nitrogens with zero attached hydrogens (tertiary/aromatic N) is 1. The number of thioether (sulfide) groups is 1. The van der Waals surface area contributed by atoms with Gasteiger partial charge in [-0.3, -0.25) is 9.78 Å². The topological polar surface area (TPSA) is 51.2 Å². The van der Waals surface area contributed by atoms with Crippen LogP contribution in [0.5, 0.6) is 0 Å². The van der Waals surface area contributed by atoms with E-state index in [2.05, 4.69) is 17.2 Å². The number of carbonyl (C=O) groups excluding carboxylic acids is 1. The van der Waals surface area contributed by atoms with Crippen LogP contribution in [0.25, 0.3) is 10.8 Å². The Morgan fingerprint density at radius 1 is 1.30 bits per heavy atom. The number of rotatable bonds is 5. The highest BCUT2D eigenvalue weighted by Crippen LogP contribution is 2.34. The summed E-state index contributed by atoms with van der Waals surface area (Å²) >= 11 is 1.93. The summed E-state index contributed by atoms with van der Waals surface area (Å²) in [6, 6.07) is 9.79. The molecule has 1 fully saturated rings. The summed E-state index contributed by atoms with van der Waals surface area (Å²) in [6.07, 6.45) is 3.66. The molecule has 0 saturated carbocycles. The summed E-state index contributed by atoms with van der Waals surface area (Å²) < 4.78 is 5.57. The first kappa shape index (κ1) is 16.3. The number of pyridine rings is 1. The van der Waals surface area contributed by atoms with Crippen molar-refractivity contribution in [1.29, 1.82) is 0 Å². The summed E-state index contributed by atoms with van der Waals surface area (Å²) in [5, 5.41) is 5.05. The molecule has 1 saturated heterocycles. The van der Waals surface area contributed by atoms with Crippen LogP contribution in [0.1, 0.15) is 30.3 Å². The van der Waals surface area contributed by atoms with Crippen molar-refractivity contribution >= 4 is 28.4 Å². The molecule has 1 aromatic heterocycles. The number of hydrogen-bond donors (Lipinski definition) is 1. The third-order valence-corrected chi connectivity index (χ3v) is 5.77. The molecule has 0 unspecified atom stereocenters. The predicted octanol–water partition coefficient (Wildman–Crippen LogP) is 3.27. The van der Waals surface area contributed by atoms with E-state index >= 15 is 0 Å². The van der Waals surface area contributed by atoms with Crippen molar-refractivity contribution in [3.8, 4) is 0 Å². The second kappa shape index (κ2) is 7.32.